The fourth-order valence-corrected chi connectivity index (χ4v) is 4.44. The molecule has 0 radical (unpaired) electrons. The van der Waals surface area contributed by atoms with Gasteiger partial charge in [0.2, 0.25) is 5.91 Å². The number of fused-ring (bicyclic) bond motifs is 2. The van der Waals surface area contributed by atoms with Crippen molar-refractivity contribution in [2.45, 2.75) is 44.6 Å². The van der Waals surface area contributed by atoms with Crippen molar-refractivity contribution < 1.29 is 4.79 Å². The summed E-state index contributed by atoms with van der Waals surface area (Å²) in [5.41, 5.74) is 10.9. The van der Waals surface area contributed by atoms with Gasteiger partial charge in [-0.2, -0.15) is 0 Å². The van der Waals surface area contributed by atoms with Crippen LogP contribution in [0.3, 0.4) is 0 Å². The molecular weight excluding hydrogens is 346 g/mol. The van der Waals surface area contributed by atoms with Gasteiger partial charge in [-0.25, -0.2) is 0 Å². The molecule has 0 aliphatic heterocycles. The third-order valence-electron chi connectivity index (χ3n) is 5.97. The Kier molecular flexibility index (Phi) is 5.77. The molecule has 4 nitrogen and oxygen atoms in total. The molecule has 1 aliphatic carbocycles. The first kappa shape index (κ1) is 18.8. The number of para-hydroxylation sites is 1. The number of H-pyrrole nitrogens is 1. The number of benzene rings is 2. The van der Waals surface area contributed by atoms with Gasteiger partial charge in [0.1, 0.15) is 0 Å². The minimum absolute atomic E-state index is 0.253. The molecule has 4 heteroatoms. The maximum Gasteiger partial charge on any atom is 0.223 e. The van der Waals surface area contributed by atoms with Gasteiger partial charge in [0, 0.05) is 36.1 Å². The van der Waals surface area contributed by atoms with Crippen molar-refractivity contribution in [3.8, 4) is 0 Å². The topological polar surface area (TPSA) is 62.1 Å². The van der Waals surface area contributed by atoms with Gasteiger partial charge in [-0.05, 0) is 61.4 Å². The predicted molar refractivity (Wildman–Crippen MR) is 114 cm³/mol. The number of aromatic amines is 1. The van der Waals surface area contributed by atoms with Gasteiger partial charge in [0.05, 0.1) is 0 Å². The Balaban J connectivity index is 1.45. The zero-order chi connectivity index (χ0) is 19.3. The zero-order valence-corrected chi connectivity index (χ0v) is 16.4. The molecule has 0 saturated heterocycles. The Morgan fingerprint density at radius 2 is 1.89 bits per heavy atom. The van der Waals surface area contributed by atoms with Gasteiger partial charge in [-0.15, -0.1) is 0 Å². The quantitative estimate of drug-likeness (QED) is 0.659. The van der Waals surface area contributed by atoms with Crippen molar-refractivity contribution in [2.24, 2.45) is 5.73 Å². The number of nitrogens with two attached hydrogens (primary N) is 1. The summed E-state index contributed by atoms with van der Waals surface area (Å²) < 4.78 is 0. The van der Waals surface area contributed by atoms with Gasteiger partial charge >= 0.3 is 0 Å². The number of rotatable bonds is 7. The molecule has 0 fully saturated rings. The summed E-state index contributed by atoms with van der Waals surface area (Å²) in [6, 6.07) is 17.2. The molecule has 146 valence electrons. The average molecular weight is 376 g/mol. The monoisotopic (exact) mass is 375 g/mol. The second kappa shape index (κ2) is 8.61. The maximum absolute atomic E-state index is 13.2. The van der Waals surface area contributed by atoms with Crippen LogP contribution in [0.15, 0.2) is 54.7 Å². The van der Waals surface area contributed by atoms with Crippen molar-refractivity contribution in [2.75, 3.05) is 13.1 Å². The summed E-state index contributed by atoms with van der Waals surface area (Å²) in [5, 5.41) is 1.22. The van der Waals surface area contributed by atoms with Crippen molar-refractivity contribution in [3.05, 3.63) is 71.4 Å². The third-order valence-corrected chi connectivity index (χ3v) is 5.97. The molecule has 1 atom stereocenters. The van der Waals surface area contributed by atoms with Gasteiger partial charge < -0.3 is 15.6 Å². The van der Waals surface area contributed by atoms with Crippen molar-refractivity contribution in [1.82, 2.24) is 9.88 Å². The molecule has 1 aromatic heterocycles. The van der Waals surface area contributed by atoms with Crippen molar-refractivity contribution in [3.63, 3.8) is 0 Å². The molecule has 1 unspecified atom stereocenters. The van der Waals surface area contributed by atoms with E-state index in [0.717, 1.165) is 44.2 Å². The molecule has 28 heavy (non-hydrogen) atoms. The van der Waals surface area contributed by atoms with Crippen LogP contribution in [0.5, 0.6) is 0 Å². The lowest BCUT2D eigenvalue weighted by Gasteiger charge is -2.35. The Morgan fingerprint density at radius 3 is 2.75 bits per heavy atom. The number of nitrogens with zero attached hydrogens (tertiary/aromatic N) is 1. The fraction of sp³-hybridized carbons (Fsp3) is 0.375. The Labute approximate surface area is 166 Å². The van der Waals surface area contributed by atoms with E-state index in [1.807, 2.05) is 12.3 Å². The molecule has 3 aromatic rings. The van der Waals surface area contributed by atoms with Crippen LogP contribution in [0.25, 0.3) is 10.9 Å². The predicted octanol–water partition coefficient (Wildman–Crippen LogP) is 3.84. The lowest BCUT2D eigenvalue weighted by Crippen LogP contribution is -2.44. The third kappa shape index (κ3) is 3.97. The standard InChI is InChI=1S/C24H29N3O/c25-14-5-15-27(21-12-10-18-6-1-2-7-19(18)16-21)24(28)13-11-20-17-26-23-9-4-3-8-22(20)23/h1-4,6-9,17,21,26H,5,10-16,25H2. The molecule has 3 N–H and O–H groups in total. The highest BCUT2D eigenvalue weighted by atomic mass is 16.2. The summed E-state index contributed by atoms with van der Waals surface area (Å²) in [4.78, 5) is 18.6. The summed E-state index contributed by atoms with van der Waals surface area (Å²) in [6.45, 7) is 1.38. The first-order valence-electron chi connectivity index (χ1n) is 10.4. The lowest BCUT2D eigenvalue weighted by atomic mass is 9.87. The highest BCUT2D eigenvalue weighted by Gasteiger charge is 2.27. The Bertz CT molecular complexity index is 946. The van der Waals surface area contributed by atoms with E-state index < -0.39 is 0 Å². The number of aromatic nitrogens is 1. The number of aryl methyl sites for hydroxylation is 2. The van der Waals surface area contributed by atoms with Gasteiger partial charge in [0.25, 0.3) is 0 Å². The van der Waals surface area contributed by atoms with E-state index in [9.17, 15) is 4.79 Å². The van der Waals surface area contributed by atoms with Crippen LogP contribution in [0.2, 0.25) is 0 Å². The fourth-order valence-electron chi connectivity index (χ4n) is 4.44. The molecule has 0 saturated carbocycles. The molecule has 0 bridgehead atoms. The number of amides is 1. The Hall–Kier alpha value is -2.59. The van der Waals surface area contributed by atoms with Crippen LogP contribution in [0.4, 0.5) is 0 Å². The molecule has 4 rings (SSSR count). The van der Waals surface area contributed by atoms with E-state index >= 15 is 0 Å². The normalized spacial score (nSPS) is 16.1. The second-order valence-electron chi connectivity index (χ2n) is 7.75. The minimum Gasteiger partial charge on any atom is -0.361 e. The van der Waals surface area contributed by atoms with Crippen LogP contribution in [-0.4, -0.2) is 34.9 Å². The largest absolute Gasteiger partial charge is 0.361 e. The Morgan fingerprint density at radius 1 is 1.11 bits per heavy atom. The SMILES string of the molecule is NCCCN(C(=O)CCc1c[nH]c2ccccc12)C1CCc2ccccc2C1. The summed E-state index contributed by atoms with van der Waals surface area (Å²) in [5.74, 6) is 0.253. The van der Waals surface area contributed by atoms with E-state index in [-0.39, 0.29) is 11.9 Å². The van der Waals surface area contributed by atoms with Gasteiger partial charge in [0.15, 0.2) is 0 Å². The molecular formula is C24H29N3O. The van der Waals surface area contributed by atoms with E-state index in [2.05, 4.69) is 52.3 Å². The highest BCUT2D eigenvalue weighted by Crippen LogP contribution is 2.26. The maximum atomic E-state index is 13.2. The van der Waals surface area contributed by atoms with E-state index in [4.69, 9.17) is 5.73 Å². The molecule has 1 amide bonds. The van der Waals surface area contributed by atoms with Crippen LogP contribution in [0, 0.1) is 0 Å². The molecule has 1 heterocycles. The average Bonchev–Trinajstić information content (AvgIpc) is 3.15. The number of carbonyl (C=O) groups is 1. The smallest absolute Gasteiger partial charge is 0.223 e. The summed E-state index contributed by atoms with van der Waals surface area (Å²) in [7, 11) is 0. The minimum atomic E-state index is 0.253. The number of nitrogens with one attached hydrogen (secondary N) is 1. The number of hydrogen-bond acceptors (Lipinski definition) is 2. The van der Waals surface area contributed by atoms with E-state index in [0.29, 0.717) is 13.0 Å². The van der Waals surface area contributed by atoms with Crippen LogP contribution >= 0.6 is 0 Å². The summed E-state index contributed by atoms with van der Waals surface area (Å²) in [6.07, 6.45) is 7.27. The van der Waals surface area contributed by atoms with Crippen LogP contribution < -0.4 is 5.73 Å². The lowest BCUT2D eigenvalue weighted by molar-refractivity contribution is -0.133. The van der Waals surface area contributed by atoms with Crippen LogP contribution in [-0.2, 0) is 24.1 Å². The first-order valence-corrected chi connectivity index (χ1v) is 10.4. The molecule has 2 aromatic carbocycles. The van der Waals surface area contributed by atoms with Crippen LogP contribution in [0.1, 0.15) is 36.0 Å². The molecule has 1 aliphatic rings. The van der Waals surface area contributed by atoms with Crippen molar-refractivity contribution in [1.29, 1.82) is 0 Å². The number of carbonyl (C=O) groups excluding carboxylic acids is 1. The zero-order valence-electron chi connectivity index (χ0n) is 16.4. The van der Waals surface area contributed by atoms with E-state index in [1.54, 1.807) is 0 Å². The van der Waals surface area contributed by atoms with Crippen molar-refractivity contribution >= 4 is 16.8 Å². The van der Waals surface area contributed by atoms with Gasteiger partial charge in [-0.1, -0.05) is 42.5 Å². The first-order chi connectivity index (χ1) is 13.8. The highest BCUT2D eigenvalue weighted by molar-refractivity contribution is 5.84. The van der Waals surface area contributed by atoms with E-state index in [1.165, 1.54) is 22.1 Å². The molecule has 0 spiro atoms. The number of hydrogen-bond donors (Lipinski definition) is 2. The second-order valence-corrected chi connectivity index (χ2v) is 7.75. The summed E-state index contributed by atoms with van der Waals surface area (Å²) >= 11 is 0. The van der Waals surface area contributed by atoms with Gasteiger partial charge in [-0.3, -0.25) is 4.79 Å².